The van der Waals surface area contributed by atoms with Crippen molar-refractivity contribution in [1.82, 2.24) is 30.0 Å². The number of H-pyrrole nitrogens is 1. The van der Waals surface area contributed by atoms with Crippen molar-refractivity contribution < 1.29 is 9.90 Å². The summed E-state index contributed by atoms with van der Waals surface area (Å²) in [4.78, 5) is 29.8. The molecule has 5 rings (SSSR count). The summed E-state index contributed by atoms with van der Waals surface area (Å²) in [6.45, 7) is 4.06. The lowest BCUT2D eigenvalue weighted by molar-refractivity contribution is -0.136. The first-order valence-electron chi connectivity index (χ1n) is 10.2. The number of nitrogens with zero attached hydrogens (tertiary/aromatic N) is 5. The molecule has 0 unspecified atom stereocenters. The number of carbonyl (C=O) groups is 1. The molecule has 0 saturated carbocycles. The molecular weight excluding hydrogens is 414 g/mol. The molecule has 160 valence electrons. The number of hydrogen-bond donors (Lipinski definition) is 3. The van der Waals surface area contributed by atoms with Gasteiger partial charge in [0.05, 0.1) is 11.6 Å². The van der Waals surface area contributed by atoms with Gasteiger partial charge in [0.25, 0.3) is 0 Å². The van der Waals surface area contributed by atoms with Gasteiger partial charge in [-0.05, 0) is 44.7 Å². The van der Waals surface area contributed by atoms with Crippen LogP contribution in [-0.4, -0.2) is 54.2 Å². The average Bonchev–Trinajstić information content (AvgIpc) is 3.36. The van der Waals surface area contributed by atoms with Crippen molar-refractivity contribution >= 4 is 50.0 Å². The van der Waals surface area contributed by atoms with Crippen molar-refractivity contribution in [2.24, 2.45) is 5.92 Å². The Morgan fingerprint density at radius 3 is 3.03 bits per heavy atom. The molecule has 0 bridgehead atoms. The Bertz CT molecular complexity index is 1300. The fraction of sp³-hybridized carbons (Fsp3) is 0.381. The van der Waals surface area contributed by atoms with Crippen LogP contribution in [0.4, 0.5) is 11.5 Å². The highest BCUT2D eigenvalue weighted by Gasteiger charge is 2.31. The van der Waals surface area contributed by atoms with Gasteiger partial charge in [-0.25, -0.2) is 9.97 Å². The van der Waals surface area contributed by atoms with E-state index in [0.29, 0.717) is 17.2 Å². The monoisotopic (exact) mass is 437 g/mol. The maximum atomic E-state index is 12.8. The average molecular weight is 438 g/mol. The van der Waals surface area contributed by atoms with Crippen LogP contribution in [-0.2, 0) is 17.6 Å². The van der Waals surface area contributed by atoms with E-state index in [4.69, 9.17) is 0 Å². The molecule has 0 aromatic carbocycles. The summed E-state index contributed by atoms with van der Waals surface area (Å²) in [6.07, 6.45) is 5.49. The van der Waals surface area contributed by atoms with Crippen molar-refractivity contribution in [2.75, 3.05) is 12.4 Å². The van der Waals surface area contributed by atoms with Crippen LogP contribution >= 0.6 is 11.3 Å². The van der Waals surface area contributed by atoms with E-state index < -0.39 is 0 Å². The van der Waals surface area contributed by atoms with Crippen LogP contribution in [0.1, 0.15) is 30.7 Å². The van der Waals surface area contributed by atoms with Crippen molar-refractivity contribution in [1.29, 1.82) is 0 Å². The molecule has 4 aromatic heterocycles. The molecule has 10 heteroatoms. The predicted octanol–water partition coefficient (Wildman–Crippen LogP) is 3.38. The van der Waals surface area contributed by atoms with Gasteiger partial charge in [-0.15, -0.1) is 11.3 Å². The number of aromatic nitrogens is 5. The van der Waals surface area contributed by atoms with E-state index in [9.17, 15) is 9.90 Å². The smallest absolute Gasteiger partial charge is 0.237 e. The maximum Gasteiger partial charge on any atom is 0.237 e. The molecule has 0 aliphatic heterocycles. The summed E-state index contributed by atoms with van der Waals surface area (Å²) in [5.74, 6) is 0.697. The second-order valence-corrected chi connectivity index (χ2v) is 9.26. The third-order valence-electron chi connectivity index (χ3n) is 5.98. The van der Waals surface area contributed by atoms with E-state index in [-0.39, 0.29) is 23.7 Å². The molecule has 0 spiro atoms. The summed E-state index contributed by atoms with van der Waals surface area (Å²) in [6, 6.07) is 1.97. The molecule has 0 radical (unpaired) electrons. The minimum Gasteiger partial charge on any atom is -0.492 e. The molecule has 1 amide bonds. The first kappa shape index (κ1) is 19.7. The highest BCUT2D eigenvalue weighted by Crippen LogP contribution is 2.41. The van der Waals surface area contributed by atoms with Gasteiger partial charge in [0.15, 0.2) is 5.65 Å². The number of carbonyl (C=O) groups excluding carboxylic acids is 1. The van der Waals surface area contributed by atoms with Gasteiger partial charge >= 0.3 is 0 Å². The van der Waals surface area contributed by atoms with E-state index >= 15 is 0 Å². The number of fused-ring (bicyclic) bond motifs is 4. The first-order valence-corrected chi connectivity index (χ1v) is 11.1. The van der Waals surface area contributed by atoms with Crippen LogP contribution in [0, 0.1) is 5.92 Å². The van der Waals surface area contributed by atoms with E-state index in [2.05, 4.69) is 30.5 Å². The number of thiophene rings is 1. The van der Waals surface area contributed by atoms with E-state index in [1.807, 2.05) is 25.8 Å². The van der Waals surface area contributed by atoms with Crippen molar-refractivity contribution in [2.45, 2.75) is 39.2 Å². The van der Waals surface area contributed by atoms with Gasteiger partial charge in [0.1, 0.15) is 22.7 Å². The summed E-state index contributed by atoms with van der Waals surface area (Å²) in [5, 5.41) is 22.0. The maximum absolute atomic E-state index is 12.8. The zero-order chi connectivity index (χ0) is 21.7. The third kappa shape index (κ3) is 3.36. The zero-order valence-electron chi connectivity index (χ0n) is 17.5. The molecule has 4 aromatic rings. The molecule has 0 saturated heterocycles. The van der Waals surface area contributed by atoms with Crippen LogP contribution in [0.5, 0.6) is 5.88 Å². The van der Waals surface area contributed by atoms with E-state index in [1.165, 1.54) is 16.8 Å². The standard InChI is InChI=1S/C21H23N7O2S/c1-10(2)28(3)21(30)11-4-5-13-15(7-11)31-20-16(13)18(22-9-23-20)25-14-6-12-8-24-27-17(12)26-19(14)29/h6,8-11H,4-5,7H2,1-3H3,(H,22,23,25)(H2,24,26,27,29)/t11-/m0/s1. The number of aromatic amines is 1. The fourth-order valence-corrected chi connectivity index (χ4v) is 5.31. The molecule has 3 N–H and O–H groups in total. The van der Waals surface area contributed by atoms with Gasteiger partial charge < -0.3 is 15.3 Å². The first-order chi connectivity index (χ1) is 14.9. The summed E-state index contributed by atoms with van der Waals surface area (Å²) >= 11 is 1.62. The molecule has 4 heterocycles. The Balaban J connectivity index is 1.49. The number of anilines is 2. The third-order valence-corrected chi connectivity index (χ3v) is 7.14. The van der Waals surface area contributed by atoms with E-state index in [0.717, 1.165) is 34.9 Å². The van der Waals surface area contributed by atoms with Crippen LogP contribution in [0.3, 0.4) is 0 Å². The SMILES string of the molecule is CC(C)N(C)C(=O)[C@H]1CCc2c(sc3ncnc(Nc4cc5cn[nH]c5nc4O)c23)C1. The Morgan fingerprint density at radius 2 is 2.23 bits per heavy atom. The number of nitrogens with one attached hydrogen (secondary N) is 2. The molecule has 1 aliphatic carbocycles. The largest absolute Gasteiger partial charge is 0.492 e. The number of amides is 1. The highest BCUT2D eigenvalue weighted by atomic mass is 32.1. The Morgan fingerprint density at radius 1 is 1.39 bits per heavy atom. The van der Waals surface area contributed by atoms with Crippen LogP contribution < -0.4 is 5.32 Å². The lowest BCUT2D eigenvalue weighted by atomic mass is 9.86. The van der Waals surface area contributed by atoms with Gasteiger partial charge in [-0.2, -0.15) is 10.1 Å². The molecule has 31 heavy (non-hydrogen) atoms. The Hall–Kier alpha value is -3.27. The normalized spacial score (nSPS) is 16.1. The van der Waals surface area contributed by atoms with Crippen molar-refractivity contribution in [3.63, 3.8) is 0 Å². The lowest BCUT2D eigenvalue weighted by Gasteiger charge is -2.29. The predicted molar refractivity (Wildman–Crippen MR) is 120 cm³/mol. The van der Waals surface area contributed by atoms with Gasteiger partial charge in [0, 0.05) is 29.3 Å². The molecule has 1 aliphatic rings. The number of hydrogen-bond acceptors (Lipinski definition) is 8. The Kier molecular flexibility index (Phi) is 4.73. The Labute approximate surface area is 182 Å². The van der Waals surface area contributed by atoms with E-state index in [1.54, 1.807) is 23.6 Å². The minimum absolute atomic E-state index is 0.00549. The summed E-state index contributed by atoms with van der Waals surface area (Å²) in [5.41, 5.74) is 2.17. The second-order valence-electron chi connectivity index (χ2n) is 8.18. The number of aromatic hydroxyl groups is 1. The summed E-state index contributed by atoms with van der Waals surface area (Å²) < 4.78 is 0. The number of aryl methyl sites for hydroxylation is 1. The van der Waals surface area contributed by atoms with Crippen LogP contribution in [0.25, 0.3) is 21.3 Å². The quantitative estimate of drug-likeness (QED) is 0.448. The lowest BCUT2D eigenvalue weighted by Crippen LogP contribution is -2.39. The van der Waals surface area contributed by atoms with Crippen molar-refractivity contribution in [3.8, 4) is 5.88 Å². The van der Waals surface area contributed by atoms with Crippen molar-refractivity contribution in [3.05, 3.63) is 29.0 Å². The minimum atomic E-state index is -0.130. The van der Waals surface area contributed by atoms with Crippen LogP contribution in [0.2, 0.25) is 0 Å². The van der Waals surface area contributed by atoms with Crippen LogP contribution in [0.15, 0.2) is 18.6 Å². The zero-order valence-corrected chi connectivity index (χ0v) is 18.3. The topological polar surface area (TPSA) is 120 Å². The number of pyridine rings is 1. The number of rotatable bonds is 4. The van der Waals surface area contributed by atoms with Gasteiger partial charge in [-0.3, -0.25) is 9.89 Å². The van der Waals surface area contributed by atoms with Gasteiger partial charge in [0.2, 0.25) is 11.8 Å². The summed E-state index contributed by atoms with van der Waals surface area (Å²) in [7, 11) is 1.87. The highest BCUT2D eigenvalue weighted by molar-refractivity contribution is 7.19. The molecule has 0 fully saturated rings. The molecular formula is C21H23N7O2S. The fourth-order valence-electron chi connectivity index (χ4n) is 4.05. The second kappa shape index (κ2) is 7.45. The molecule has 1 atom stereocenters. The molecule has 9 nitrogen and oxygen atoms in total. The van der Waals surface area contributed by atoms with Gasteiger partial charge in [-0.1, -0.05) is 0 Å².